The highest BCUT2D eigenvalue weighted by Gasteiger charge is 2.36. The number of hydrogen-bond acceptors (Lipinski definition) is 1. The average molecular weight is 235 g/mol. The van der Waals surface area contributed by atoms with E-state index in [9.17, 15) is 4.79 Å². The van der Waals surface area contributed by atoms with Crippen LogP contribution < -0.4 is 0 Å². The third kappa shape index (κ3) is 2.51. The number of nitrogens with zero attached hydrogens (tertiary/aromatic N) is 1. The first-order chi connectivity index (χ1) is 8.33. The maximum absolute atomic E-state index is 12.5. The van der Waals surface area contributed by atoms with Gasteiger partial charge in [0.25, 0.3) is 0 Å². The van der Waals surface area contributed by atoms with Crippen molar-refractivity contribution < 1.29 is 4.79 Å². The largest absolute Gasteiger partial charge is 0.342 e. The van der Waals surface area contributed by atoms with Crippen molar-refractivity contribution in [1.82, 2.24) is 4.90 Å². The van der Waals surface area contributed by atoms with Gasteiger partial charge in [-0.2, -0.15) is 0 Å². The molecule has 17 heavy (non-hydrogen) atoms. The Morgan fingerprint density at radius 2 is 1.47 bits per heavy atom. The van der Waals surface area contributed by atoms with E-state index in [2.05, 4.69) is 4.90 Å². The first-order valence-electron chi connectivity index (χ1n) is 7.61. The van der Waals surface area contributed by atoms with E-state index >= 15 is 0 Å². The summed E-state index contributed by atoms with van der Waals surface area (Å²) in [5, 5.41) is 0. The molecule has 0 aromatic carbocycles. The van der Waals surface area contributed by atoms with Crippen molar-refractivity contribution in [3.05, 3.63) is 0 Å². The Bertz CT molecular complexity index is 271. The lowest BCUT2D eigenvalue weighted by Gasteiger charge is -2.40. The van der Waals surface area contributed by atoms with Gasteiger partial charge in [-0.25, -0.2) is 0 Å². The SMILES string of the molecule is O=C(C1CC2CCCC(C2)C1)N1CCCCC1. The predicted octanol–water partition coefficient (Wildman–Crippen LogP) is 3.22. The van der Waals surface area contributed by atoms with E-state index in [0.717, 1.165) is 24.9 Å². The molecule has 2 bridgehead atoms. The van der Waals surface area contributed by atoms with E-state index in [-0.39, 0.29) is 0 Å². The number of carbonyl (C=O) groups is 1. The van der Waals surface area contributed by atoms with Gasteiger partial charge in [-0.1, -0.05) is 19.3 Å². The fourth-order valence-corrected chi connectivity index (χ4v) is 4.31. The van der Waals surface area contributed by atoms with E-state index in [1.165, 1.54) is 57.8 Å². The molecule has 2 heteroatoms. The summed E-state index contributed by atoms with van der Waals surface area (Å²) in [6, 6.07) is 0. The number of carbonyl (C=O) groups excluding carboxylic acids is 1. The summed E-state index contributed by atoms with van der Waals surface area (Å²) in [6.07, 6.45) is 11.8. The number of piperidine rings is 1. The third-order valence-corrected chi connectivity index (χ3v) is 5.14. The molecule has 2 unspecified atom stereocenters. The van der Waals surface area contributed by atoms with Crippen LogP contribution in [-0.4, -0.2) is 23.9 Å². The fourth-order valence-electron chi connectivity index (χ4n) is 4.31. The first-order valence-corrected chi connectivity index (χ1v) is 7.61. The zero-order valence-electron chi connectivity index (χ0n) is 10.9. The summed E-state index contributed by atoms with van der Waals surface area (Å²) in [4.78, 5) is 14.7. The maximum Gasteiger partial charge on any atom is 0.225 e. The van der Waals surface area contributed by atoms with E-state index in [4.69, 9.17) is 0 Å². The van der Waals surface area contributed by atoms with Gasteiger partial charge < -0.3 is 4.90 Å². The first kappa shape index (κ1) is 11.6. The standard InChI is InChI=1S/C15H25NO/c17-15(16-7-2-1-3-8-16)14-10-12-5-4-6-13(9-12)11-14/h12-14H,1-11H2. The number of fused-ring (bicyclic) bond motifs is 2. The minimum atomic E-state index is 0.386. The topological polar surface area (TPSA) is 20.3 Å². The van der Waals surface area contributed by atoms with Crippen molar-refractivity contribution in [1.29, 1.82) is 0 Å². The maximum atomic E-state index is 12.5. The van der Waals surface area contributed by atoms with Crippen LogP contribution in [-0.2, 0) is 4.79 Å². The smallest absolute Gasteiger partial charge is 0.225 e. The Labute approximate surface area is 105 Å². The Hall–Kier alpha value is -0.530. The second kappa shape index (κ2) is 4.99. The monoisotopic (exact) mass is 235 g/mol. The van der Waals surface area contributed by atoms with E-state index < -0.39 is 0 Å². The molecular formula is C15H25NO. The summed E-state index contributed by atoms with van der Waals surface area (Å²) in [7, 11) is 0. The molecule has 1 heterocycles. The molecule has 2 nitrogen and oxygen atoms in total. The predicted molar refractivity (Wildman–Crippen MR) is 68.6 cm³/mol. The number of hydrogen-bond donors (Lipinski definition) is 0. The molecule has 1 saturated heterocycles. The molecule has 0 N–H and O–H groups in total. The number of rotatable bonds is 1. The molecule has 2 atom stereocenters. The minimum Gasteiger partial charge on any atom is -0.342 e. The molecule has 3 aliphatic rings. The Kier molecular flexibility index (Phi) is 3.39. The molecular weight excluding hydrogens is 210 g/mol. The van der Waals surface area contributed by atoms with Crippen LogP contribution in [0, 0.1) is 17.8 Å². The van der Waals surface area contributed by atoms with Crippen LogP contribution in [0.5, 0.6) is 0 Å². The Morgan fingerprint density at radius 3 is 2.12 bits per heavy atom. The van der Waals surface area contributed by atoms with Crippen LogP contribution in [0.1, 0.15) is 57.8 Å². The average Bonchev–Trinajstić information content (AvgIpc) is 2.38. The van der Waals surface area contributed by atoms with Crippen LogP contribution in [0.15, 0.2) is 0 Å². The van der Waals surface area contributed by atoms with Crippen molar-refractivity contribution in [2.24, 2.45) is 17.8 Å². The van der Waals surface area contributed by atoms with E-state index in [1.807, 2.05) is 0 Å². The van der Waals surface area contributed by atoms with Gasteiger partial charge in [-0.3, -0.25) is 4.79 Å². The van der Waals surface area contributed by atoms with Crippen LogP contribution in [0.25, 0.3) is 0 Å². The highest BCUT2D eigenvalue weighted by atomic mass is 16.2. The normalized spacial score (nSPS) is 37.9. The van der Waals surface area contributed by atoms with Gasteiger partial charge in [-0.05, 0) is 50.4 Å². The zero-order valence-corrected chi connectivity index (χ0v) is 10.9. The van der Waals surface area contributed by atoms with Crippen molar-refractivity contribution >= 4 is 5.91 Å². The quantitative estimate of drug-likeness (QED) is 0.683. The summed E-state index contributed by atoms with van der Waals surface area (Å²) >= 11 is 0. The van der Waals surface area contributed by atoms with Crippen LogP contribution in [0.4, 0.5) is 0 Å². The Morgan fingerprint density at radius 1 is 0.824 bits per heavy atom. The van der Waals surface area contributed by atoms with Gasteiger partial charge >= 0.3 is 0 Å². The van der Waals surface area contributed by atoms with E-state index in [0.29, 0.717) is 11.8 Å². The summed E-state index contributed by atoms with van der Waals surface area (Å²) < 4.78 is 0. The molecule has 1 amide bonds. The number of amides is 1. The van der Waals surface area contributed by atoms with Crippen LogP contribution >= 0.6 is 0 Å². The zero-order chi connectivity index (χ0) is 11.7. The van der Waals surface area contributed by atoms with Gasteiger partial charge in [0, 0.05) is 19.0 Å². The molecule has 1 aliphatic heterocycles. The summed E-state index contributed by atoms with van der Waals surface area (Å²) in [5.41, 5.74) is 0. The van der Waals surface area contributed by atoms with Crippen molar-refractivity contribution in [2.75, 3.05) is 13.1 Å². The molecule has 0 radical (unpaired) electrons. The van der Waals surface area contributed by atoms with Crippen LogP contribution in [0.2, 0.25) is 0 Å². The molecule has 0 aromatic rings. The molecule has 0 spiro atoms. The fraction of sp³-hybridized carbons (Fsp3) is 0.933. The highest BCUT2D eigenvalue weighted by Crippen LogP contribution is 2.43. The lowest BCUT2D eigenvalue weighted by atomic mass is 9.68. The lowest BCUT2D eigenvalue weighted by Crippen LogP contribution is -2.42. The second-order valence-corrected chi connectivity index (χ2v) is 6.45. The van der Waals surface area contributed by atoms with Crippen molar-refractivity contribution in [2.45, 2.75) is 57.8 Å². The van der Waals surface area contributed by atoms with Crippen molar-refractivity contribution in [3.63, 3.8) is 0 Å². The molecule has 2 aliphatic carbocycles. The molecule has 3 rings (SSSR count). The van der Waals surface area contributed by atoms with Gasteiger partial charge in [0.15, 0.2) is 0 Å². The molecule has 96 valence electrons. The molecule has 2 saturated carbocycles. The minimum absolute atomic E-state index is 0.386. The van der Waals surface area contributed by atoms with Gasteiger partial charge in [0.1, 0.15) is 0 Å². The van der Waals surface area contributed by atoms with Gasteiger partial charge in [0.2, 0.25) is 5.91 Å². The van der Waals surface area contributed by atoms with Crippen LogP contribution in [0.3, 0.4) is 0 Å². The van der Waals surface area contributed by atoms with Crippen molar-refractivity contribution in [3.8, 4) is 0 Å². The molecule has 0 aromatic heterocycles. The second-order valence-electron chi connectivity index (χ2n) is 6.45. The number of likely N-dealkylation sites (tertiary alicyclic amines) is 1. The third-order valence-electron chi connectivity index (χ3n) is 5.14. The molecule has 3 fully saturated rings. The lowest BCUT2D eigenvalue weighted by molar-refractivity contribution is -0.139. The summed E-state index contributed by atoms with van der Waals surface area (Å²) in [5.74, 6) is 2.64. The van der Waals surface area contributed by atoms with E-state index in [1.54, 1.807) is 0 Å². The Balaban J connectivity index is 1.61. The van der Waals surface area contributed by atoms with Gasteiger partial charge in [0.05, 0.1) is 0 Å². The summed E-state index contributed by atoms with van der Waals surface area (Å²) in [6.45, 7) is 2.06. The van der Waals surface area contributed by atoms with Gasteiger partial charge in [-0.15, -0.1) is 0 Å². The highest BCUT2D eigenvalue weighted by molar-refractivity contribution is 5.79.